The highest BCUT2D eigenvalue weighted by molar-refractivity contribution is 5.78. The summed E-state index contributed by atoms with van der Waals surface area (Å²) in [6, 6.07) is 6.41. The molecule has 0 aromatic heterocycles. The van der Waals surface area contributed by atoms with E-state index in [1.807, 2.05) is 16.8 Å². The lowest BCUT2D eigenvalue weighted by atomic mass is 10.2. The van der Waals surface area contributed by atoms with E-state index in [9.17, 15) is 9.18 Å². The van der Waals surface area contributed by atoms with Crippen LogP contribution in [0.3, 0.4) is 0 Å². The summed E-state index contributed by atoms with van der Waals surface area (Å²) < 4.78 is 12.8. The predicted octanol–water partition coefficient (Wildman–Crippen LogP) is 1.08. The minimum atomic E-state index is -0.232. The average Bonchev–Trinajstić information content (AvgIpc) is 2.70. The molecule has 1 heterocycles. The van der Waals surface area contributed by atoms with Crippen LogP contribution in [0.15, 0.2) is 24.3 Å². The molecule has 0 aliphatic carbocycles. The Bertz CT molecular complexity index is 427. The summed E-state index contributed by atoms with van der Waals surface area (Å²) in [6.07, 6.45) is 1.01. The smallest absolute Gasteiger partial charge is 0.236 e. The van der Waals surface area contributed by atoms with Gasteiger partial charge in [-0.1, -0.05) is 12.1 Å². The normalized spacial score (nSPS) is 16.2. The van der Waals surface area contributed by atoms with E-state index in [0.717, 1.165) is 38.2 Å². The number of benzene rings is 1. The molecule has 0 atom stereocenters. The van der Waals surface area contributed by atoms with Gasteiger partial charge in [-0.05, 0) is 37.7 Å². The summed E-state index contributed by atoms with van der Waals surface area (Å²) in [7, 11) is 1.91. The Hall–Kier alpha value is -1.46. The number of rotatable bonds is 4. The van der Waals surface area contributed by atoms with E-state index < -0.39 is 0 Å². The molecule has 0 bridgehead atoms. The first-order valence-electron chi connectivity index (χ1n) is 7.06. The van der Waals surface area contributed by atoms with Crippen molar-refractivity contribution in [3.05, 3.63) is 35.6 Å². The Balaban J connectivity index is 1.82. The van der Waals surface area contributed by atoms with Crippen LogP contribution in [0.5, 0.6) is 0 Å². The lowest BCUT2D eigenvalue weighted by Crippen LogP contribution is -2.40. The highest BCUT2D eigenvalue weighted by Gasteiger charge is 2.16. The second-order valence-electron chi connectivity index (χ2n) is 5.28. The lowest BCUT2D eigenvalue weighted by Gasteiger charge is -2.23. The molecule has 1 aliphatic rings. The molecule has 1 aromatic carbocycles. The summed E-state index contributed by atoms with van der Waals surface area (Å²) in [5, 5.41) is 3.29. The Labute approximate surface area is 119 Å². The average molecular weight is 279 g/mol. The molecule has 0 saturated carbocycles. The Morgan fingerprint density at radius 2 is 2.05 bits per heavy atom. The highest BCUT2D eigenvalue weighted by atomic mass is 19.1. The number of carbonyl (C=O) groups is 1. The first kappa shape index (κ1) is 14.9. The van der Waals surface area contributed by atoms with E-state index in [4.69, 9.17) is 0 Å². The van der Waals surface area contributed by atoms with Crippen molar-refractivity contribution in [2.24, 2.45) is 0 Å². The van der Waals surface area contributed by atoms with Gasteiger partial charge in [-0.15, -0.1) is 0 Å². The molecule has 1 amide bonds. The van der Waals surface area contributed by atoms with Gasteiger partial charge in [0.25, 0.3) is 0 Å². The van der Waals surface area contributed by atoms with Gasteiger partial charge < -0.3 is 10.2 Å². The predicted molar refractivity (Wildman–Crippen MR) is 76.8 cm³/mol. The quantitative estimate of drug-likeness (QED) is 0.896. The van der Waals surface area contributed by atoms with Crippen LogP contribution in [-0.4, -0.2) is 55.5 Å². The van der Waals surface area contributed by atoms with Crippen molar-refractivity contribution >= 4 is 5.91 Å². The Morgan fingerprint density at radius 1 is 1.30 bits per heavy atom. The molecule has 1 N–H and O–H groups in total. The maximum absolute atomic E-state index is 12.8. The number of hydrogen-bond acceptors (Lipinski definition) is 3. The van der Waals surface area contributed by atoms with Crippen LogP contribution in [-0.2, 0) is 11.3 Å². The molecule has 20 heavy (non-hydrogen) atoms. The van der Waals surface area contributed by atoms with E-state index in [1.165, 1.54) is 12.1 Å². The molecule has 1 saturated heterocycles. The monoisotopic (exact) mass is 279 g/mol. The third-order valence-electron chi connectivity index (χ3n) is 3.46. The summed E-state index contributed by atoms with van der Waals surface area (Å²) in [6.45, 7) is 4.51. The number of hydrogen-bond donors (Lipinski definition) is 1. The second kappa shape index (κ2) is 7.36. The number of amides is 1. The van der Waals surface area contributed by atoms with Crippen molar-refractivity contribution in [3.63, 3.8) is 0 Å². The van der Waals surface area contributed by atoms with Gasteiger partial charge >= 0.3 is 0 Å². The number of carbonyl (C=O) groups excluding carboxylic acids is 1. The van der Waals surface area contributed by atoms with Gasteiger partial charge in [-0.2, -0.15) is 0 Å². The van der Waals surface area contributed by atoms with E-state index >= 15 is 0 Å². The summed E-state index contributed by atoms with van der Waals surface area (Å²) in [5.41, 5.74) is 1.01. The molecule has 1 aliphatic heterocycles. The number of nitrogens with one attached hydrogen (secondary N) is 1. The van der Waals surface area contributed by atoms with Gasteiger partial charge in [-0.25, -0.2) is 4.39 Å². The zero-order chi connectivity index (χ0) is 14.4. The summed E-state index contributed by atoms with van der Waals surface area (Å²) >= 11 is 0. The second-order valence-corrected chi connectivity index (χ2v) is 5.28. The van der Waals surface area contributed by atoms with Crippen molar-refractivity contribution < 1.29 is 9.18 Å². The zero-order valence-corrected chi connectivity index (χ0v) is 11.9. The minimum absolute atomic E-state index is 0.165. The van der Waals surface area contributed by atoms with Crippen LogP contribution in [0, 0.1) is 5.82 Å². The highest BCUT2D eigenvalue weighted by Crippen LogP contribution is 2.06. The molecule has 2 rings (SSSR count). The molecular weight excluding hydrogens is 257 g/mol. The van der Waals surface area contributed by atoms with Crippen LogP contribution in [0.25, 0.3) is 0 Å². The van der Waals surface area contributed by atoms with E-state index in [1.54, 1.807) is 12.1 Å². The van der Waals surface area contributed by atoms with Gasteiger partial charge in [0, 0.05) is 26.2 Å². The molecule has 0 unspecified atom stereocenters. The number of halogens is 1. The van der Waals surface area contributed by atoms with Crippen molar-refractivity contribution in [2.75, 3.05) is 39.8 Å². The van der Waals surface area contributed by atoms with Crippen LogP contribution >= 0.6 is 0 Å². The fourth-order valence-corrected chi connectivity index (χ4v) is 2.38. The van der Waals surface area contributed by atoms with E-state index in [0.29, 0.717) is 13.1 Å². The molecule has 5 heteroatoms. The van der Waals surface area contributed by atoms with E-state index in [2.05, 4.69) is 5.32 Å². The van der Waals surface area contributed by atoms with Crippen molar-refractivity contribution in [3.8, 4) is 0 Å². The first-order chi connectivity index (χ1) is 9.65. The zero-order valence-electron chi connectivity index (χ0n) is 11.9. The largest absolute Gasteiger partial charge is 0.340 e. The molecule has 0 radical (unpaired) electrons. The van der Waals surface area contributed by atoms with Crippen LogP contribution < -0.4 is 5.32 Å². The fourth-order valence-electron chi connectivity index (χ4n) is 2.38. The van der Waals surface area contributed by atoms with Crippen LogP contribution in [0.1, 0.15) is 12.0 Å². The molecule has 4 nitrogen and oxygen atoms in total. The number of nitrogens with zero attached hydrogens (tertiary/aromatic N) is 2. The van der Waals surface area contributed by atoms with Crippen molar-refractivity contribution in [1.82, 2.24) is 15.1 Å². The van der Waals surface area contributed by atoms with E-state index in [-0.39, 0.29) is 11.7 Å². The first-order valence-corrected chi connectivity index (χ1v) is 7.06. The molecule has 110 valence electrons. The Kier molecular flexibility index (Phi) is 5.49. The maximum atomic E-state index is 12.8. The SMILES string of the molecule is CN(CC(=O)N1CCCNCC1)Cc1ccc(F)cc1. The minimum Gasteiger partial charge on any atom is -0.340 e. The van der Waals surface area contributed by atoms with Crippen molar-refractivity contribution in [2.45, 2.75) is 13.0 Å². The molecule has 1 fully saturated rings. The topological polar surface area (TPSA) is 35.6 Å². The standard InChI is InChI=1S/C15H22FN3O/c1-18(11-13-3-5-14(16)6-4-13)12-15(20)19-9-2-7-17-8-10-19/h3-6,17H,2,7-12H2,1H3. The maximum Gasteiger partial charge on any atom is 0.236 e. The molecule has 0 spiro atoms. The molecule has 1 aromatic rings. The number of likely N-dealkylation sites (N-methyl/N-ethyl adjacent to an activating group) is 1. The van der Waals surface area contributed by atoms with Gasteiger partial charge in [0.1, 0.15) is 5.82 Å². The third-order valence-corrected chi connectivity index (χ3v) is 3.46. The van der Waals surface area contributed by atoms with Gasteiger partial charge in [-0.3, -0.25) is 9.69 Å². The Morgan fingerprint density at radius 3 is 2.80 bits per heavy atom. The van der Waals surface area contributed by atoms with Gasteiger partial charge in [0.15, 0.2) is 0 Å². The van der Waals surface area contributed by atoms with Crippen LogP contribution in [0.2, 0.25) is 0 Å². The molecular formula is C15H22FN3O. The third kappa shape index (κ3) is 4.58. The summed E-state index contributed by atoms with van der Waals surface area (Å²) in [4.78, 5) is 16.1. The summed E-state index contributed by atoms with van der Waals surface area (Å²) in [5.74, 6) is -0.0668. The van der Waals surface area contributed by atoms with Crippen molar-refractivity contribution in [1.29, 1.82) is 0 Å². The lowest BCUT2D eigenvalue weighted by molar-refractivity contribution is -0.132. The fraction of sp³-hybridized carbons (Fsp3) is 0.533. The van der Waals surface area contributed by atoms with Gasteiger partial charge in [0.05, 0.1) is 6.54 Å². The van der Waals surface area contributed by atoms with Gasteiger partial charge in [0.2, 0.25) is 5.91 Å². The van der Waals surface area contributed by atoms with Crippen LogP contribution in [0.4, 0.5) is 4.39 Å².